The molecule has 10 heteroatoms. The van der Waals surface area contributed by atoms with E-state index in [1.165, 1.54) is 0 Å². The fourth-order valence-electron chi connectivity index (χ4n) is 4.59. The third-order valence-electron chi connectivity index (χ3n) is 6.47. The van der Waals surface area contributed by atoms with Gasteiger partial charge in [-0.3, -0.25) is 9.52 Å². The molecule has 0 spiro atoms. The highest BCUT2D eigenvalue weighted by molar-refractivity contribution is 7.92. The van der Waals surface area contributed by atoms with Crippen molar-refractivity contribution >= 4 is 27.6 Å². The fraction of sp³-hybridized carbons (Fsp3) is 0.440. The highest BCUT2D eigenvalue weighted by Crippen LogP contribution is 2.49. The first-order chi connectivity index (χ1) is 16.6. The molecule has 1 saturated carbocycles. The summed E-state index contributed by atoms with van der Waals surface area (Å²) < 4.78 is 31.1. The topological polar surface area (TPSA) is 125 Å². The van der Waals surface area contributed by atoms with Gasteiger partial charge in [-0.05, 0) is 74.2 Å². The van der Waals surface area contributed by atoms with E-state index in [2.05, 4.69) is 14.9 Å². The summed E-state index contributed by atoms with van der Waals surface area (Å²) in [4.78, 5) is 26.8. The number of carboxylic acids is 1. The van der Waals surface area contributed by atoms with E-state index in [1.807, 2.05) is 12.1 Å². The number of benzene rings is 2. The van der Waals surface area contributed by atoms with E-state index >= 15 is 0 Å². The molecule has 2 aliphatic rings. The molecule has 1 heterocycles. The van der Waals surface area contributed by atoms with Crippen LogP contribution in [0.2, 0.25) is 0 Å². The Morgan fingerprint density at radius 2 is 1.83 bits per heavy atom. The molecule has 188 valence electrons. The summed E-state index contributed by atoms with van der Waals surface area (Å²) in [6.45, 7) is 2.13. The van der Waals surface area contributed by atoms with E-state index in [4.69, 9.17) is 9.84 Å². The Balaban J connectivity index is 1.55. The molecule has 2 fully saturated rings. The maximum Gasteiger partial charge on any atom is 0.341 e. The highest BCUT2D eigenvalue weighted by atomic mass is 32.2. The monoisotopic (exact) mass is 501 g/mol. The first kappa shape index (κ1) is 25.0. The third-order valence-corrected chi connectivity index (χ3v) is 7.08. The minimum absolute atomic E-state index is 0.102. The van der Waals surface area contributed by atoms with Crippen molar-refractivity contribution in [2.75, 3.05) is 37.2 Å². The predicted octanol–water partition coefficient (Wildman–Crippen LogP) is 2.51. The van der Waals surface area contributed by atoms with Gasteiger partial charge in [0.25, 0.3) is 0 Å². The Morgan fingerprint density at radius 3 is 2.49 bits per heavy atom. The second-order valence-electron chi connectivity index (χ2n) is 9.33. The van der Waals surface area contributed by atoms with E-state index < -0.39 is 28.0 Å². The van der Waals surface area contributed by atoms with Gasteiger partial charge in [0.2, 0.25) is 15.9 Å². The molecule has 1 amide bonds. The average Bonchev–Trinajstić information content (AvgIpc) is 3.46. The van der Waals surface area contributed by atoms with Crippen molar-refractivity contribution in [1.29, 1.82) is 0 Å². The van der Waals surface area contributed by atoms with Crippen LogP contribution in [0.4, 0.5) is 5.69 Å². The number of nitrogens with one attached hydrogen (secondary N) is 2. The molecule has 9 nitrogen and oxygen atoms in total. The van der Waals surface area contributed by atoms with Crippen molar-refractivity contribution in [3.05, 3.63) is 59.7 Å². The van der Waals surface area contributed by atoms with Crippen LogP contribution in [0.3, 0.4) is 0 Å². The van der Waals surface area contributed by atoms with Crippen LogP contribution in [0.15, 0.2) is 48.5 Å². The van der Waals surface area contributed by atoms with Gasteiger partial charge >= 0.3 is 5.97 Å². The first-order valence-electron chi connectivity index (χ1n) is 11.7. The number of rotatable bonds is 11. The summed E-state index contributed by atoms with van der Waals surface area (Å²) in [5.74, 6) is -0.720. The van der Waals surface area contributed by atoms with Crippen LogP contribution in [-0.4, -0.2) is 62.8 Å². The van der Waals surface area contributed by atoms with Crippen LogP contribution in [0.25, 0.3) is 0 Å². The molecule has 1 aliphatic heterocycles. The van der Waals surface area contributed by atoms with Crippen LogP contribution in [0.1, 0.15) is 42.9 Å². The van der Waals surface area contributed by atoms with Gasteiger partial charge < -0.3 is 20.1 Å². The van der Waals surface area contributed by atoms with Gasteiger partial charge in [0.15, 0.2) is 6.61 Å². The number of nitrogens with zero attached hydrogens (tertiary/aromatic N) is 1. The standard InChI is InChI=1S/C25H31N3O6S/c1-35(32,33)27-20-8-5-7-19(15-20)25(10-11-25)24(31)26-22(16-28-12-2-3-13-28)18-6-4-9-21(14-18)34-17-23(29)30/h4-9,14-15,22,27H,2-3,10-13,16-17H2,1H3,(H,26,31)(H,29,30). The Bertz CT molecular complexity index is 1190. The van der Waals surface area contributed by atoms with Gasteiger partial charge in [-0.2, -0.15) is 0 Å². The van der Waals surface area contributed by atoms with E-state index in [0.29, 0.717) is 30.8 Å². The largest absolute Gasteiger partial charge is 0.482 e. The highest BCUT2D eigenvalue weighted by Gasteiger charge is 2.51. The molecule has 3 N–H and O–H groups in total. The number of anilines is 1. The van der Waals surface area contributed by atoms with Crippen LogP contribution in [-0.2, 0) is 25.0 Å². The van der Waals surface area contributed by atoms with E-state index in [9.17, 15) is 18.0 Å². The maximum atomic E-state index is 13.6. The average molecular weight is 502 g/mol. The number of likely N-dealkylation sites (tertiary alicyclic amines) is 1. The Labute approximate surface area is 205 Å². The zero-order chi connectivity index (χ0) is 25.1. The van der Waals surface area contributed by atoms with E-state index in [0.717, 1.165) is 43.3 Å². The quantitative estimate of drug-likeness (QED) is 0.432. The van der Waals surface area contributed by atoms with Gasteiger partial charge in [-0.25, -0.2) is 13.2 Å². The molecule has 2 aromatic rings. The van der Waals surface area contributed by atoms with Crippen molar-refractivity contribution < 1.29 is 27.9 Å². The zero-order valence-electron chi connectivity index (χ0n) is 19.7. The minimum Gasteiger partial charge on any atom is -0.482 e. The molecule has 1 saturated heterocycles. The van der Waals surface area contributed by atoms with Gasteiger partial charge in [0.05, 0.1) is 17.7 Å². The van der Waals surface area contributed by atoms with Crippen molar-refractivity contribution in [3.63, 3.8) is 0 Å². The number of carboxylic acid groups (broad SMARTS) is 1. The summed E-state index contributed by atoms with van der Waals surface area (Å²) in [6.07, 6.45) is 4.69. The van der Waals surface area contributed by atoms with Crippen LogP contribution in [0, 0.1) is 0 Å². The number of hydrogen-bond donors (Lipinski definition) is 3. The smallest absolute Gasteiger partial charge is 0.341 e. The SMILES string of the molecule is CS(=O)(=O)Nc1cccc(C2(C(=O)NC(CN3CCCC3)c3cccc(OCC(=O)O)c3)CC2)c1. The molecule has 1 atom stereocenters. The second-order valence-corrected chi connectivity index (χ2v) is 11.1. The molecule has 0 bridgehead atoms. The predicted molar refractivity (Wildman–Crippen MR) is 132 cm³/mol. The van der Waals surface area contributed by atoms with Crippen LogP contribution >= 0.6 is 0 Å². The molecular formula is C25H31N3O6S. The van der Waals surface area contributed by atoms with Crippen LogP contribution < -0.4 is 14.8 Å². The summed E-state index contributed by atoms with van der Waals surface area (Å²) in [5.41, 5.74) is 1.36. The molecule has 1 aliphatic carbocycles. The lowest BCUT2D eigenvalue weighted by Crippen LogP contribution is -2.42. The second kappa shape index (κ2) is 10.2. The normalized spacial score (nSPS) is 18.0. The molecule has 2 aromatic carbocycles. The molecular weight excluding hydrogens is 470 g/mol. The van der Waals surface area contributed by atoms with E-state index in [-0.39, 0.29) is 11.9 Å². The van der Waals surface area contributed by atoms with Crippen molar-refractivity contribution in [2.24, 2.45) is 0 Å². The van der Waals surface area contributed by atoms with Gasteiger partial charge in [-0.15, -0.1) is 0 Å². The maximum absolute atomic E-state index is 13.6. The lowest BCUT2D eigenvalue weighted by atomic mass is 9.93. The summed E-state index contributed by atoms with van der Waals surface area (Å²) in [7, 11) is -3.43. The number of carbonyl (C=O) groups excluding carboxylic acids is 1. The van der Waals surface area contributed by atoms with Crippen molar-refractivity contribution in [3.8, 4) is 5.75 Å². The molecule has 4 rings (SSSR count). The fourth-order valence-corrected chi connectivity index (χ4v) is 5.14. The van der Waals surface area contributed by atoms with Gasteiger partial charge in [0.1, 0.15) is 5.75 Å². The Hall–Kier alpha value is -3.11. The number of sulfonamides is 1. The number of hydrogen-bond acceptors (Lipinski definition) is 6. The Kier molecular flexibility index (Phi) is 7.32. The van der Waals surface area contributed by atoms with E-state index in [1.54, 1.807) is 36.4 Å². The lowest BCUT2D eigenvalue weighted by Gasteiger charge is -2.27. The molecule has 1 unspecified atom stereocenters. The van der Waals surface area contributed by atoms with Gasteiger partial charge in [-0.1, -0.05) is 24.3 Å². The van der Waals surface area contributed by atoms with Crippen LogP contribution in [0.5, 0.6) is 5.75 Å². The number of amides is 1. The van der Waals surface area contributed by atoms with Gasteiger partial charge in [0, 0.05) is 12.2 Å². The lowest BCUT2D eigenvalue weighted by molar-refractivity contribution is -0.139. The zero-order valence-corrected chi connectivity index (χ0v) is 20.5. The summed E-state index contributed by atoms with van der Waals surface area (Å²) in [6, 6.07) is 13.9. The molecule has 0 radical (unpaired) electrons. The number of carbonyl (C=O) groups is 2. The Morgan fingerprint density at radius 1 is 1.11 bits per heavy atom. The summed E-state index contributed by atoms with van der Waals surface area (Å²) in [5, 5.41) is 12.2. The number of aliphatic carboxylic acids is 1. The van der Waals surface area contributed by atoms with Crippen molar-refractivity contribution in [1.82, 2.24) is 10.2 Å². The molecule has 35 heavy (non-hydrogen) atoms. The number of ether oxygens (including phenoxy) is 1. The van der Waals surface area contributed by atoms with Crippen molar-refractivity contribution in [2.45, 2.75) is 37.1 Å². The third kappa shape index (κ3) is 6.52. The first-order valence-corrected chi connectivity index (χ1v) is 13.6. The molecule has 0 aromatic heterocycles. The minimum atomic E-state index is -3.43. The summed E-state index contributed by atoms with van der Waals surface area (Å²) >= 11 is 0.